The van der Waals surface area contributed by atoms with Gasteiger partial charge in [-0.15, -0.1) is 0 Å². The minimum Gasteiger partial charge on any atom is -0.0616 e. The van der Waals surface area contributed by atoms with E-state index < -0.39 is 0 Å². The van der Waals surface area contributed by atoms with E-state index in [-0.39, 0.29) is 0 Å². The highest BCUT2D eigenvalue weighted by molar-refractivity contribution is 6.25. The zero-order valence-corrected chi connectivity index (χ0v) is 28.5. The van der Waals surface area contributed by atoms with Crippen LogP contribution in [0.15, 0.2) is 194 Å². The second-order valence-electron chi connectivity index (χ2n) is 14.0. The maximum absolute atomic E-state index is 2.38. The summed E-state index contributed by atoms with van der Waals surface area (Å²) in [7, 11) is 0. The van der Waals surface area contributed by atoms with E-state index in [4.69, 9.17) is 0 Å². The monoisotopic (exact) mass is 656 g/mol. The first-order valence-corrected chi connectivity index (χ1v) is 18.1. The number of hydrogen-bond donors (Lipinski definition) is 0. The maximum Gasteiger partial charge on any atom is -0.00201 e. The van der Waals surface area contributed by atoms with Gasteiger partial charge in [0.25, 0.3) is 0 Å². The minimum absolute atomic E-state index is 1.24. The molecular formula is C52H32. The van der Waals surface area contributed by atoms with Gasteiger partial charge in [-0.3, -0.25) is 0 Å². The van der Waals surface area contributed by atoms with Crippen LogP contribution in [0.2, 0.25) is 0 Å². The lowest BCUT2D eigenvalue weighted by Crippen LogP contribution is -1.93. The minimum atomic E-state index is 1.24. The molecule has 0 aliphatic heterocycles. The summed E-state index contributed by atoms with van der Waals surface area (Å²) >= 11 is 0. The van der Waals surface area contributed by atoms with Crippen molar-refractivity contribution >= 4 is 75.4 Å². The molecule has 0 unspecified atom stereocenters. The fraction of sp³-hybridized carbons (Fsp3) is 0. The van der Waals surface area contributed by atoms with Crippen LogP contribution in [-0.2, 0) is 0 Å². The summed E-state index contributed by atoms with van der Waals surface area (Å²) in [5.41, 5.74) is 7.60. The maximum atomic E-state index is 2.38. The molecule has 0 fully saturated rings. The van der Waals surface area contributed by atoms with E-state index in [1.54, 1.807) is 0 Å². The van der Waals surface area contributed by atoms with Gasteiger partial charge >= 0.3 is 0 Å². The predicted molar refractivity (Wildman–Crippen MR) is 225 cm³/mol. The summed E-state index contributed by atoms with van der Waals surface area (Å²) < 4.78 is 0. The largest absolute Gasteiger partial charge is 0.0616 e. The van der Waals surface area contributed by atoms with Crippen LogP contribution in [0, 0.1) is 0 Å². The van der Waals surface area contributed by atoms with Crippen LogP contribution >= 0.6 is 0 Å². The molecule has 0 bridgehead atoms. The van der Waals surface area contributed by atoms with Gasteiger partial charge in [-0.05, 0) is 121 Å². The summed E-state index contributed by atoms with van der Waals surface area (Å²) in [4.78, 5) is 0. The quantitative estimate of drug-likeness (QED) is 0.131. The van der Waals surface area contributed by atoms with E-state index in [9.17, 15) is 0 Å². The highest BCUT2D eigenvalue weighted by Crippen LogP contribution is 2.47. The third kappa shape index (κ3) is 4.28. The van der Waals surface area contributed by atoms with Crippen LogP contribution in [0.1, 0.15) is 0 Å². The molecule has 11 rings (SSSR count). The first kappa shape index (κ1) is 29.0. The van der Waals surface area contributed by atoms with E-state index in [1.807, 2.05) is 0 Å². The highest BCUT2D eigenvalue weighted by Gasteiger charge is 2.20. The normalized spacial score (nSPS) is 11.8. The van der Waals surface area contributed by atoms with E-state index in [0.29, 0.717) is 0 Å². The summed E-state index contributed by atoms with van der Waals surface area (Å²) in [6.07, 6.45) is 0. The average Bonchev–Trinajstić information content (AvgIpc) is 3.22. The highest BCUT2D eigenvalue weighted by atomic mass is 14.2. The smallest absolute Gasteiger partial charge is 0.00201 e. The van der Waals surface area contributed by atoms with Crippen molar-refractivity contribution in [2.45, 2.75) is 0 Å². The Hall–Kier alpha value is -6.76. The molecule has 0 atom stereocenters. The molecule has 0 saturated heterocycles. The van der Waals surface area contributed by atoms with E-state index in [0.717, 1.165) is 0 Å². The van der Waals surface area contributed by atoms with Crippen LogP contribution < -0.4 is 0 Å². The molecule has 0 aliphatic carbocycles. The van der Waals surface area contributed by atoms with Crippen molar-refractivity contribution in [1.82, 2.24) is 0 Å². The van der Waals surface area contributed by atoms with Gasteiger partial charge in [-0.2, -0.15) is 0 Å². The summed E-state index contributed by atoms with van der Waals surface area (Å²) in [6, 6.07) is 71.9. The van der Waals surface area contributed by atoms with Crippen LogP contribution in [-0.4, -0.2) is 0 Å². The summed E-state index contributed by atoms with van der Waals surface area (Å²) in [5.74, 6) is 0. The lowest BCUT2D eigenvalue weighted by molar-refractivity contribution is 1.67. The van der Waals surface area contributed by atoms with Gasteiger partial charge in [0, 0.05) is 0 Å². The molecule has 0 N–H and O–H groups in total. The Labute approximate surface area is 301 Å². The molecule has 0 saturated carbocycles. The molecule has 0 radical (unpaired) electrons. The Morgan fingerprint density at radius 2 is 0.596 bits per heavy atom. The van der Waals surface area contributed by atoms with Gasteiger partial charge in [-0.1, -0.05) is 182 Å². The zero-order chi connectivity index (χ0) is 34.2. The zero-order valence-electron chi connectivity index (χ0n) is 28.5. The summed E-state index contributed by atoms with van der Waals surface area (Å²) in [5, 5.41) is 17.8. The fourth-order valence-corrected chi connectivity index (χ4v) is 8.93. The molecule has 240 valence electrons. The second-order valence-corrected chi connectivity index (χ2v) is 14.0. The number of rotatable bonds is 3. The average molecular weight is 657 g/mol. The van der Waals surface area contributed by atoms with E-state index in [1.165, 1.54) is 109 Å². The van der Waals surface area contributed by atoms with E-state index in [2.05, 4.69) is 194 Å². The molecule has 0 nitrogen and oxygen atoms in total. The van der Waals surface area contributed by atoms with Crippen molar-refractivity contribution < 1.29 is 0 Å². The Kier molecular flexibility index (Phi) is 6.35. The standard InChI is InChI=1S/C52H32/c1-3-15-37-33(13-1)25-26-35-31-36(27-28-39(35)37)51-45-21-9-11-23-47(45)52(48-24-12-10-22-46(48)51)49-30-29-44(41-18-6-7-19-42(41)49)50-32-34-14-2-4-16-38(34)40-17-5-8-20-43(40)50/h1-32H. The second kappa shape index (κ2) is 11.4. The first-order chi connectivity index (χ1) is 25.8. The van der Waals surface area contributed by atoms with Crippen molar-refractivity contribution in [2.75, 3.05) is 0 Å². The SMILES string of the molecule is c1ccc2c(c1)ccc1cc(-c3c4ccccc4c(-c4ccc(-c5cc6ccccc6c6ccccc56)c5ccccc45)c4ccccc34)ccc12. The molecule has 0 spiro atoms. The van der Waals surface area contributed by atoms with Gasteiger partial charge < -0.3 is 0 Å². The number of benzene rings is 11. The molecule has 0 aromatic heterocycles. The molecule has 11 aromatic carbocycles. The fourth-order valence-electron chi connectivity index (χ4n) is 8.93. The molecule has 0 heteroatoms. The van der Waals surface area contributed by atoms with Crippen LogP contribution in [0.4, 0.5) is 0 Å². The van der Waals surface area contributed by atoms with Gasteiger partial charge in [0.05, 0.1) is 0 Å². The van der Waals surface area contributed by atoms with Gasteiger partial charge in [-0.25, -0.2) is 0 Å². The Morgan fingerprint density at radius 1 is 0.192 bits per heavy atom. The third-order valence-corrected chi connectivity index (χ3v) is 11.2. The predicted octanol–water partition coefficient (Wildman–Crippen LogP) is 14.8. The van der Waals surface area contributed by atoms with Crippen molar-refractivity contribution in [2.24, 2.45) is 0 Å². The van der Waals surface area contributed by atoms with Gasteiger partial charge in [0.1, 0.15) is 0 Å². The third-order valence-electron chi connectivity index (χ3n) is 11.2. The molecule has 0 aliphatic rings. The van der Waals surface area contributed by atoms with Gasteiger partial charge in [0.15, 0.2) is 0 Å². The van der Waals surface area contributed by atoms with Crippen LogP contribution in [0.5, 0.6) is 0 Å². The van der Waals surface area contributed by atoms with Crippen molar-refractivity contribution in [3.63, 3.8) is 0 Å². The van der Waals surface area contributed by atoms with Crippen molar-refractivity contribution in [3.05, 3.63) is 194 Å². The first-order valence-electron chi connectivity index (χ1n) is 18.1. The van der Waals surface area contributed by atoms with Crippen LogP contribution in [0.3, 0.4) is 0 Å². The Morgan fingerprint density at radius 3 is 1.25 bits per heavy atom. The molecular weight excluding hydrogens is 625 g/mol. The molecule has 52 heavy (non-hydrogen) atoms. The van der Waals surface area contributed by atoms with Crippen LogP contribution in [0.25, 0.3) is 109 Å². The Balaban J connectivity index is 1.19. The Bertz CT molecular complexity index is 3180. The van der Waals surface area contributed by atoms with Gasteiger partial charge in [0.2, 0.25) is 0 Å². The number of fused-ring (bicyclic) bond motifs is 9. The lowest BCUT2D eigenvalue weighted by atomic mass is 9.83. The molecule has 0 heterocycles. The van der Waals surface area contributed by atoms with Crippen molar-refractivity contribution in [1.29, 1.82) is 0 Å². The number of hydrogen-bond acceptors (Lipinski definition) is 0. The topological polar surface area (TPSA) is 0 Å². The van der Waals surface area contributed by atoms with Crippen molar-refractivity contribution in [3.8, 4) is 33.4 Å². The van der Waals surface area contributed by atoms with E-state index >= 15 is 0 Å². The summed E-state index contributed by atoms with van der Waals surface area (Å²) in [6.45, 7) is 0. The molecule has 11 aromatic rings. The lowest BCUT2D eigenvalue weighted by Gasteiger charge is -2.20. The molecule has 0 amide bonds.